The number of ether oxygens (including phenoxy) is 1. The van der Waals surface area contributed by atoms with Crippen molar-refractivity contribution in [1.29, 1.82) is 0 Å². The van der Waals surface area contributed by atoms with Crippen molar-refractivity contribution < 1.29 is 19.0 Å². The Morgan fingerprint density at radius 2 is 2.33 bits per heavy atom. The third-order valence-electron chi connectivity index (χ3n) is 2.78. The molecule has 1 fully saturated rings. The summed E-state index contributed by atoms with van der Waals surface area (Å²) >= 11 is 0. The summed E-state index contributed by atoms with van der Waals surface area (Å²) in [6.45, 7) is 1.35. The van der Waals surface area contributed by atoms with Gasteiger partial charge in [0.1, 0.15) is 0 Å². The molecular weight excluding hydrogens is 237 g/mol. The molecule has 1 saturated carbocycles. The molecule has 1 aliphatic carbocycles. The monoisotopic (exact) mass is 253 g/mol. The molecule has 1 atom stereocenters. The number of carbonyl (C=O) groups excluding carboxylic acids is 1. The van der Waals surface area contributed by atoms with Gasteiger partial charge in [0.25, 0.3) is 5.91 Å². The first-order valence-electron chi connectivity index (χ1n) is 5.96. The number of hydrogen-bond donors (Lipinski definition) is 2. The Kier molecular flexibility index (Phi) is 3.81. The number of rotatable bonds is 5. The fourth-order valence-corrected chi connectivity index (χ4v) is 1.53. The number of aliphatic hydroxyl groups is 1. The van der Waals surface area contributed by atoms with Gasteiger partial charge in [0.2, 0.25) is 0 Å². The molecule has 98 valence electrons. The lowest BCUT2D eigenvalue weighted by Crippen LogP contribution is -2.37. The second-order valence-corrected chi connectivity index (χ2v) is 4.47. The van der Waals surface area contributed by atoms with E-state index in [1.165, 1.54) is 12.1 Å². The average molecular weight is 253 g/mol. The Hall–Kier alpha value is -1.62. The number of amides is 1. The van der Waals surface area contributed by atoms with E-state index in [4.69, 9.17) is 9.84 Å². The van der Waals surface area contributed by atoms with Crippen molar-refractivity contribution in [2.45, 2.75) is 38.5 Å². The third kappa shape index (κ3) is 3.20. The van der Waals surface area contributed by atoms with Crippen LogP contribution in [-0.2, 0) is 11.4 Å². The highest BCUT2D eigenvalue weighted by Crippen LogP contribution is 2.21. The van der Waals surface area contributed by atoms with E-state index in [0.717, 1.165) is 12.8 Å². The summed E-state index contributed by atoms with van der Waals surface area (Å²) < 4.78 is 18.8. The lowest BCUT2D eigenvalue weighted by Gasteiger charge is -2.15. The smallest absolute Gasteiger partial charge is 0.260 e. The van der Waals surface area contributed by atoms with Crippen molar-refractivity contribution in [3.8, 4) is 5.75 Å². The van der Waals surface area contributed by atoms with Gasteiger partial charge in [-0.1, -0.05) is 6.07 Å². The molecule has 2 N–H and O–H groups in total. The van der Waals surface area contributed by atoms with E-state index in [0.29, 0.717) is 5.56 Å². The van der Waals surface area contributed by atoms with Crippen molar-refractivity contribution in [1.82, 2.24) is 5.32 Å². The molecule has 0 spiro atoms. The number of carbonyl (C=O) groups is 1. The summed E-state index contributed by atoms with van der Waals surface area (Å²) in [7, 11) is 0. The Bertz CT molecular complexity index is 446. The van der Waals surface area contributed by atoms with Gasteiger partial charge >= 0.3 is 0 Å². The molecule has 1 aromatic rings. The van der Waals surface area contributed by atoms with Crippen LogP contribution in [0.25, 0.3) is 0 Å². The zero-order chi connectivity index (χ0) is 13.1. The number of nitrogens with one attached hydrogen (secondary N) is 1. The number of halogens is 1. The molecule has 2 rings (SSSR count). The maximum Gasteiger partial charge on any atom is 0.260 e. The Labute approximate surface area is 105 Å². The van der Waals surface area contributed by atoms with Crippen molar-refractivity contribution in [2.75, 3.05) is 0 Å². The fourth-order valence-electron chi connectivity index (χ4n) is 1.53. The quantitative estimate of drug-likeness (QED) is 0.833. The minimum atomic E-state index is -0.736. The average Bonchev–Trinajstić information content (AvgIpc) is 3.15. The van der Waals surface area contributed by atoms with Crippen LogP contribution in [0.4, 0.5) is 4.39 Å². The molecule has 1 unspecified atom stereocenters. The first kappa shape index (κ1) is 12.8. The maximum atomic E-state index is 13.6. The van der Waals surface area contributed by atoms with Gasteiger partial charge in [0.15, 0.2) is 17.7 Å². The first-order valence-corrected chi connectivity index (χ1v) is 5.96. The first-order chi connectivity index (χ1) is 8.60. The predicted molar refractivity (Wildman–Crippen MR) is 63.6 cm³/mol. The predicted octanol–water partition coefficient (Wildman–Crippen LogP) is 1.36. The van der Waals surface area contributed by atoms with Gasteiger partial charge in [-0.05, 0) is 37.5 Å². The molecule has 1 aliphatic rings. The Morgan fingerprint density at radius 3 is 2.89 bits per heavy atom. The highest BCUT2D eigenvalue weighted by atomic mass is 19.1. The largest absolute Gasteiger partial charge is 0.478 e. The molecule has 18 heavy (non-hydrogen) atoms. The highest BCUT2D eigenvalue weighted by Gasteiger charge is 2.26. The molecule has 0 aromatic heterocycles. The second-order valence-electron chi connectivity index (χ2n) is 4.47. The van der Waals surface area contributed by atoms with Crippen LogP contribution in [0.15, 0.2) is 18.2 Å². The van der Waals surface area contributed by atoms with Crippen LogP contribution in [0.1, 0.15) is 25.3 Å². The molecule has 0 aliphatic heterocycles. The van der Waals surface area contributed by atoms with Crippen LogP contribution < -0.4 is 10.1 Å². The lowest BCUT2D eigenvalue weighted by atomic mass is 10.2. The van der Waals surface area contributed by atoms with Gasteiger partial charge in [0, 0.05) is 6.04 Å². The molecule has 0 heterocycles. The molecule has 0 saturated heterocycles. The zero-order valence-corrected chi connectivity index (χ0v) is 10.1. The van der Waals surface area contributed by atoms with Crippen LogP contribution in [0.5, 0.6) is 5.75 Å². The van der Waals surface area contributed by atoms with Gasteiger partial charge < -0.3 is 15.2 Å². The van der Waals surface area contributed by atoms with Gasteiger partial charge in [-0.25, -0.2) is 4.39 Å². The van der Waals surface area contributed by atoms with Gasteiger partial charge in [0.05, 0.1) is 6.61 Å². The summed E-state index contributed by atoms with van der Waals surface area (Å²) in [5, 5.41) is 11.6. The SMILES string of the molecule is CC(Oc1ccc(CO)cc1F)C(=O)NC1CC1. The molecule has 4 nitrogen and oxygen atoms in total. The van der Waals surface area contributed by atoms with Crippen molar-refractivity contribution in [3.05, 3.63) is 29.6 Å². The van der Waals surface area contributed by atoms with Gasteiger partial charge in [-0.3, -0.25) is 4.79 Å². The Morgan fingerprint density at radius 1 is 1.61 bits per heavy atom. The van der Waals surface area contributed by atoms with Crippen molar-refractivity contribution in [2.24, 2.45) is 0 Å². The van der Waals surface area contributed by atoms with E-state index in [1.807, 2.05) is 0 Å². The van der Waals surface area contributed by atoms with Crippen LogP contribution in [0, 0.1) is 5.82 Å². The van der Waals surface area contributed by atoms with E-state index < -0.39 is 11.9 Å². The maximum absolute atomic E-state index is 13.6. The van der Waals surface area contributed by atoms with E-state index in [-0.39, 0.29) is 24.3 Å². The summed E-state index contributed by atoms with van der Waals surface area (Å²) in [6, 6.07) is 4.43. The summed E-state index contributed by atoms with van der Waals surface area (Å²) in [4.78, 5) is 11.6. The van der Waals surface area contributed by atoms with E-state index in [1.54, 1.807) is 13.0 Å². The van der Waals surface area contributed by atoms with Gasteiger partial charge in [-0.2, -0.15) is 0 Å². The molecule has 0 bridgehead atoms. The van der Waals surface area contributed by atoms with Gasteiger partial charge in [-0.15, -0.1) is 0 Å². The van der Waals surface area contributed by atoms with Crippen molar-refractivity contribution in [3.63, 3.8) is 0 Å². The van der Waals surface area contributed by atoms with E-state index >= 15 is 0 Å². The zero-order valence-electron chi connectivity index (χ0n) is 10.1. The lowest BCUT2D eigenvalue weighted by molar-refractivity contribution is -0.127. The Balaban J connectivity index is 1.96. The molecule has 5 heteroatoms. The number of aliphatic hydroxyl groups excluding tert-OH is 1. The molecule has 0 radical (unpaired) electrons. The third-order valence-corrected chi connectivity index (χ3v) is 2.78. The van der Waals surface area contributed by atoms with Crippen LogP contribution in [0.3, 0.4) is 0 Å². The standard InChI is InChI=1S/C13H16FNO3/c1-8(13(17)15-10-3-4-10)18-12-5-2-9(7-16)6-11(12)14/h2,5-6,8,10,16H,3-4,7H2,1H3,(H,15,17). The van der Waals surface area contributed by atoms with Crippen LogP contribution >= 0.6 is 0 Å². The summed E-state index contributed by atoms with van der Waals surface area (Å²) in [5.41, 5.74) is 0.468. The normalized spacial score (nSPS) is 16.2. The highest BCUT2D eigenvalue weighted by molar-refractivity contribution is 5.81. The topological polar surface area (TPSA) is 58.6 Å². The minimum Gasteiger partial charge on any atom is -0.478 e. The van der Waals surface area contributed by atoms with E-state index in [2.05, 4.69) is 5.32 Å². The minimum absolute atomic E-state index is 0.0191. The number of hydrogen-bond acceptors (Lipinski definition) is 3. The fraction of sp³-hybridized carbons (Fsp3) is 0.462. The van der Waals surface area contributed by atoms with Crippen molar-refractivity contribution >= 4 is 5.91 Å². The molecular formula is C13H16FNO3. The number of benzene rings is 1. The molecule has 1 aromatic carbocycles. The summed E-state index contributed by atoms with van der Waals surface area (Å²) in [5.74, 6) is -0.790. The van der Waals surface area contributed by atoms with E-state index in [9.17, 15) is 9.18 Å². The van der Waals surface area contributed by atoms with Crippen LogP contribution in [0.2, 0.25) is 0 Å². The van der Waals surface area contributed by atoms with Crippen LogP contribution in [-0.4, -0.2) is 23.2 Å². The second kappa shape index (κ2) is 5.35. The molecule has 1 amide bonds. The summed E-state index contributed by atoms with van der Waals surface area (Å²) in [6.07, 6.45) is 1.26.